The predicted octanol–water partition coefficient (Wildman–Crippen LogP) is 3.34. The third-order valence-electron chi connectivity index (χ3n) is 4.09. The molecule has 0 radical (unpaired) electrons. The van der Waals surface area contributed by atoms with E-state index in [4.69, 9.17) is 0 Å². The monoisotopic (exact) mass is 250 g/mol. The van der Waals surface area contributed by atoms with Crippen LogP contribution in [0.25, 0.3) is 0 Å². The van der Waals surface area contributed by atoms with Crippen LogP contribution in [0.2, 0.25) is 0 Å². The maximum atomic E-state index is 13.4. The zero-order chi connectivity index (χ0) is 13.1. The number of nitrogens with one attached hydrogen (secondary N) is 1. The standard InChI is InChI=1S/C15H23FN2/c1-4-12-7-8-18(10-12)15-6-5-13(16)9-14(15)11(2)17-3/h5-6,9,11-12,17H,4,7-8,10H2,1-3H3. The molecule has 1 N–H and O–H groups in total. The van der Waals surface area contributed by atoms with Gasteiger partial charge in [0.25, 0.3) is 0 Å². The molecule has 0 bridgehead atoms. The van der Waals surface area contributed by atoms with Crippen molar-refractivity contribution in [3.05, 3.63) is 29.6 Å². The molecule has 0 aliphatic carbocycles. The molecule has 0 spiro atoms. The van der Waals surface area contributed by atoms with E-state index in [-0.39, 0.29) is 11.9 Å². The fourth-order valence-corrected chi connectivity index (χ4v) is 2.70. The second kappa shape index (κ2) is 5.70. The number of nitrogens with zero attached hydrogens (tertiary/aromatic N) is 1. The van der Waals surface area contributed by atoms with Crippen molar-refractivity contribution in [2.45, 2.75) is 32.7 Å². The van der Waals surface area contributed by atoms with Crippen molar-refractivity contribution in [2.24, 2.45) is 5.92 Å². The molecule has 1 aromatic rings. The summed E-state index contributed by atoms with van der Waals surface area (Å²) < 4.78 is 13.4. The minimum absolute atomic E-state index is 0.151. The number of anilines is 1. The molecule has 1 heterocycles. The SMILES string of the molecule is CCC1CCN(c2ccc(F)cc2C(C)NC)C1. The summed E-state index contributed by atoms with van der Waals surface area (Å²) in [5, 5.41) is 3.20. The van der Waals surface area contributed by atoms with Crippen LogP contribution in [-0.2, 0) is 0 Å². The van der Waals surface area contributed by atoms with E-state index in [1.807, 2.05) is 13.1 Å². The quantitative estimate of drug-likeness (QED) is 0.881. The molecular formula is C15H23FN2. The molecule has 1 fully saturated rings. The van der Waals surface area contributed by atoms with Crippen molar-refractivity contribution in [3.63, 3.8) is 0 Å². The fourth-order valence-electron chi connectivity index (χ4n) is 2.70. The van der Waals surface area contributed by atoms with Gasteiger partial charge in [-0.15, -0.1) is 0 Å². The minimum atomic E-state index is -0.151. The maximum Gasteiger partial charge on any atom is 0.123 e. The van der Waals surface area contributed by atoms with Crippen LogP contribution >= 0.6 is 0 Å². The van der Waals surface area contributed by atoms with Gasteiger partial charge in [-0.1, -0.05) is 13.3 Å². The molecule has 0 amide bonds. The predicted molar refractivity (Wildman–Crippen MR) is 74.5 cm³/mol. The molecule has 3 heteroatoms. The van der Waals surface area contributed by atoms with Crippen LogP contribution in [0.5, 0.6) is 0 Å². The summed E-state index contributed by atoms with van der Waals surface area (Å²) >= 11 is 0. The van der Waals surface area contributed by atoms with Gasteiger partial charge in [0.15, 0.2) is 0 Å². The van der Waals surface area contributed by atoms with Crippen molar-refractivity contribution in [2.75, 3.05) is 25.0 Å². The Morgan fingerprint density at radius 2 is 2.28 bits per heavy atom. The van der Waals surface area contributed by atoms with Gasteiger partial charge in [0.2, 0.25) is 0 Å². The van der Waals surface area contributed by atoms with Crippen LogP contribution < -0.4 is 10.2 Å². The lowest BCUT2D eigenvalue weighted by atomic mass is 10.0. The first kappa shape index (κ1) is 13.3. The van der Waals surface area contributed by atoms with E-state index in [1.165, 1.54) is 18.5 Å². The van der Waals surface area contributed by atoms with E-state index in [9.17, 15) is 4.39 Å². The summed E-state index contributed by atoms with van der Waals surface area (Å²) in [4.78, 5) is 2.40. The molecule has 2 unspecified atom stereocenters. The average molecular weight is 250 g/mol. The first-order valence-corrected chi connectivity index (χ1v) is 6.87. The Morgan fingerprint density at radius 1 is 1.50 bits per heavy atom. The third-order valence-corrected chi connectivity index (χ3v) is 4.09. The van der Waals surface area contributed by atoms with Crippen molar-refractivity contribution >= 4 is 5.69 Å². The third kappa shape index (κ3) is 2.66. The zero-order valence-corrected chi connectivity index (χ0v) is 11.5. The summed E-state index contributed by atoms with van der Waals surface area (Å²) in [7, 11) is 1.91. The minimum Gasteiger partial charge on any atom is -0.371 e. The van der Waals surface area contributed by atoms with Gasteiger partial charge in [-0.3, -0.25) is 0 Å². The Kier molecular flexibility index (Phi) is 4.23. The van der Waals surface area contributed by atoms with E-state index in [2.05, 4.69) is 24.1 Å². The molecule has 1 aliphatic heterocycles. The maximum absolute atomic E-state index is 13.4. The van der Waals surface area contributed by atoms with Gasteiger partial charge < -0.3 is 10.2 Å². The zero-order valence-electron chi connectivity index (χ0n) is 11.5. The molecule has 1 saturated heterocycles. The fraction of sp³-hybridized carbons (Fsp3) is 0.600. The van der Waals surface area contributed by atoms with E-state index < -0.39 is 0 Å². The molecule has 2 atom stereocenters. The normalized spacial score (nSPS) is 21.3. The molecule has 100 valence electrons. The van der Waals surface area contributed by atoms with Crippen LogP contribution in [0.4, 0.5) is 10.1 Å². The van der Waals surface area contributed by atoms with Crippen molar-refractivity contribution in [1.29, 1.82) is 0 Å². The average Bonchev–Trinajstić information content (AvgIpc) is 2.86. The first-order valence-electron chi connectivity index (χ1n) is 6.87. The van der Waals surface area contributed by atoms with Crippen molar-refractivity contribution < 1.29 is 4.39 Å². The Hall–Kier alpha value is -1.09. The Morgan fingerprint density at radius 3 is 2.89 bits per heavy atom. The van der Waals surface area contributed by atoms with Crippen molar-refractivity contribution in [3.8, 4) is 0 Å². The van der Waals surface area contributed by atoms with Gasteiger partial charge >= 0.3 is 0 Å². The number of halogens is 1. The first-order chi connectivity index (χ1) is 8.65. The van der Waals surface area contributed by atoms with Crippen molar-refractivity contribution in [1.82, 2.24) is 5.32 Å². The Bertz CT molecular complexity index is 405. The highest BCUT2D eigenvalue weighted by Crippen LogP contribution is 2.32. The van der Waals surface area contributed by atoms with Gasteiger partial charge in [0.05, 0.1) is 0 Å². The Labute approximate surface area is 109 Å². The number of hydrogen-bond donors (Lipinski definition) is 1. The van der Waals surface area contributed by atoms with Gasteiger partial charge in [0.1, 0.15) is 5.82 Å². The number of benzene rings is 1. The molecule has 1 aliphatic rings. The van der Waals surface area contributed by atoms with Crippen LogP contribution in [0.3, 0.4) is 0 Å². The highest BCUT2D eigenvalue weighted by Gasteiger charge is 2.24. The number of hydrogen-bond acceptors (Lipinski definition) is 2. The Balaban J connectivity index is 2.27. The molecule has 18 heavy (non-hydrogen) atoms. The molecule has 1 aromatic carbocycles. The summed E-state index contributed by atoms with van der Waals surface area (Å²) in [6.07, 6.45) is 2.48. The largest absolute Gasteiger partial charge is 0.371 e. The summed E-state index contributed by atoms with van der Waals surface area (Å²) in [6, 6.07) is 5.34. The van der Waals surface area contributed by atoms with E-state index in [1.54, 1.807) is 12.1 Å². The highest BCUT2D eigenvalue weighted by atomic mass is 19.1. The van der Waals surface area contributed by atoms with Gasteiger partial charge in [-0.25, -0.2) is 4.39 Å². The summed E-state index contributed by atoms with van der Waals surface area (Å²) in [5.41, 5.74) is 2.25. The molecule has 2 nitrogen and oxygen atoms in total. The van der Waals surface area contributed by atoms with Crippen LogP contribution in [0.15, 0.2) is 18.2 Å². The lowest BCUT2D eigenvalue weighted by Gasteiger charge is -2.25. The van der Waals surface area contributed by atoms with Crippen LogP contribution in [-0.4, -0.2) is 20.1 Å². The van der Waals surface area contributed by atoms with Gasteiger partial charge in [-0.2, -0.15) is 0 Å². The van der Waals surface area contributed by atoms with Gasteiger partial charge in [0, 0.05) is 24.8 Å². The smallest absolute Gasteiger partial charge is 0.123 e. The van der Waals surface area contributed by atoms with E-state index >= 15 is 0 Å². The van der Waals surface area contributed by atoms with E-state index in [0.29, 0.717) is 0 Å². The highest BCUT2D eigenvalue weighted by molar-refractivity contribution is 5.56. The lowest BCUT2D eigenvalue weighted by Crippen LogP contribution is -2.23. The second-order valence-corrected chi connectivity index (χ2v) is 5.22. The molecular weight excluding hydrogens is 227 g/mol. The van der Waals surface area contributed by atoms with Crippen LogP contribution in [0, 0.1) is 11.7 Å². The molecule has 0 aromatic heterocycles. The topological polar surface area (TPSA) is 15.3 Å². The second-order valence-electron chi connectivity index (χ2n) is 5.22. The van der Waals surface area contributed by atoms with Crippen LogP contribution in [0.1, 0.15) is 38.3 Å². The number of rotatable bonds is 4. The van der Waals surface area contributed by atoms with E-state index in [0.717, 1.165) is 24.6 Å². The van der Waals surface area contributed by atoms with Gasteiger partial charge in [-0.05, 0) is 50.1 Å². The summed E-state index contributed by atoms with van der Waals surface area (Å²) in [5.74, 6) is 0.634. The summed E-state index contributed by atoms with van der Waals surface area (Å²) in [6.45, 7) is 6.51. The molecule has 2 rings (SSSR count). The lowest BCUT2D eigenvalue weighted by molar-refractivity contribution is 0.568. The molecule has 0 saturated carbocycles.